The van der Waals surface area contributed by atoms with Crippen molar-refractivity contribution in [2.24, 2.45) is 0 Å². The Morgan fingerprint density at radius 1 is 1.19 bits per heavy atom. The van der Waals surface area contributed by atoms with E-state index in [0.717, 1.165) is 41.2 Å². The summed E-state index contributed by atoms with van der Waals surface area (Å²) in [5, 5.41) is 0. The number of imidazole rings is 1. The Bertz CT molecular complexity index is 748. The van der Waals surface area contributed by atoms with Crippen molar-refractivity contribution in [2.45, 2.75) is 19.8 Å². The maximum absolute atomic E-state index is 5.72. The summed E-state index contributed by atoms with van der Waals surface area (Å²) in [6.07, 6.45) is 1.97. The molecule has 0 spiro atoms. The van der Waals surface area contributed by atoms with Crippen molar-refractivity contribution in [3.8, 4) is 22.2 Å². The molecule has 0 amide bonds. The molecule has 4 rings (SSSR count). The average Bonchev–Trinajstić information content (AvgIpc) is 3.06. The number of nitrogens with one attached hydrogen (secondary N) is 1. The highest BCUT2D eigenvalue weighted by molar-refractivity contribution is 7.15. The third kappa shape index (κ3) is 2.27. The zero-order valence-corrected chi connectivity index (χ0v) is 12.6. The molecule has 0 unspecified atom stereocenters. The number of hydrogen-bond acceptors (Lipinski definition) is 4. The molecule has 0 bridgehead atoms. The maximum atomic E-state index is 5.72. The van der Waals surface area contributed by atoms with Gasteiger partial charge in [-0.05, 0) is 18.6 Å². The van der Waals surface area contributed by atoms with Crippen molar-refractivity contribution in [2.75, 3.05) is 13.2 Å². The Balaban J connectivity index is 1.79. The van der Waals surface area contributed by atoms with Crippen LogP contribution in [-0.2, 0) is 6.42 Å². The third-order valence-electron chi connectivity index (χ3n) is 3.59. The monoisotopic (exact) mass is 300 g/mol. The number of thiophene rings is 1. The minimum Gasteiger partial charge on any atom is -0.489 e. The van der Waals surface area contributed by atoms with Gasteiger partial charge in [0.2, 0.25) is 0 Å². The van der Waals surface area contributed by atoms with Gasteiger partial charge in [-0.1, -0.05) is 6.92 Å². The standard InChI is InChI=1S/C16H16N2O2S/c1-2-10-4-5-15(21-10)16-17-11-8-13-14(9-12(11)18-16)20-7-3-6-19-13/h4-5,8-9H,2-3,6-7H2,1H3,(H,17,18). The average molecular weight is 300 g/mol. The Morgan fingerprint density at radius 2 is 2.00 bits per heavy atom. The lowest BCUT2D eigenvalue weighted by atomic mass is 10.3. The number of nitrogens with zero attached hydrogens (tertiary/aromatic N) is 1. The third-order valence-corrected chi connectivity index (χ3v) is 4.83. The fourth-order valence-electron chi connectivity index (χ4n) is 2.48. The topological polar surface area (TPSA) is 47.1 Å². The molecule has 4 nitrogen and oxygen atoms in total. The van der Waals surface area contributed by atoms with E-state index in [9.17, 15) is 0 Å². The molecule has 1 aromatic carbocycles. The molecule has 0 fully saturated rings. The van der Waals surface area contributed by atoms with Gasteiger partial charge in [0, 0.05) is 23.4 Å². The highest BCUT2D eigenvalue weighted by Crippen LogP contribution is 2.35. The molecule has 108 valence electrons. The van der Waals surface area contributed by atoms with Crippen molar-refractivity contribution in [1.82, 2.24) is 9.97 Å². The van der Waals surface area contributed by atoms with E-state index in [1.807, 2.05) is 12.1 Å². The second kappa shape index (κ2) is 5.07. The van der Waals surface area contributed by atoms with E-state index >= 15 is 0 Å². The zero-order valence-electron chi connectivity index (χ0n) is 11.8. The molecule has 1 aliphatic rings. The van der Waals surface area contributed by atoms with Crippen molar-refractivity contribution in [3.63, 3.8) is 0 Å². The second-order valence-corrected chi connectivity index (χ2v) is 6.24. The molecule has 21 heavy (non-hydrogen) atoms. The van der Waals surface area contributed by atoms with Crippen LogP contribution in [0.2, 0.25) is 0 Å². The van der Waals surface area contributed by atoms with Gasteiger partial charge in [0.1, 0.15) is 5.82 Å². The van der Waals surface area contributed by atoms with E-state index < -0.39 is 0 Å². The maximum Gasteiger partial charge on any atom is 0.163 e. The van der Waals surface area contributed by atoms with Gasteiger partial charge in [-0.15, -0.1) is 11.3 Å². The van der Waals surface area contributed by atoms with Crippen LogP contribution in [-0.4, -0.2) is 23.2 Å². The Kier molecular flexibility index (Phi) is 3.07. The van der Waals surface area contributed by atoms with Gasteiger partial charge in [0.25, 0.3) is 0 Å². The first kappa shape index (κ1) is 12.7. The molecule has 0 atom stereocenters. The number of H-pyrrole nitrogens is 1. The minimum atomic E-state index is 0.695. The second-order valence-electron chi connectivity index (χ2n) is 5.07. The number of ether oxygens (including phenoxy) is 2. The molecular weight excluding hydrogens is 284 g/mol. The van der Waals surface area contributed by atoms with Crippen molar-refractivity contribution in [1.29, 1.82) is 0 Å². The van der Waals surface area contributed by atoms with Gasteiger partial charge in [0.15, 0.2) is 11.5 Å². The molecule has 0 aliphatic carbocycles. The number of benzene rings is 1. The van der Waals surface area contributed by atoms with Crippen molar-refractivity contribution < 1.29 is 9.47 Å². The summed E-state index contributed by atoms with van der Waals surface area (Å²) >= 11 is 1.78. The molecule has 2 aromatic heterocycles. The fraction of sp³-hybridized carbons (Fsp3) is 0.312. The normalized spacial score (nSPS) is 14.3. The highest BCUT2D eigenvalue weighted by Gasteiger charge is 2.15. The van der Waals surface area contributed by atoms with Crippen LogP contribution in [0.4, 0.5) is 0 Å². The SMILES string of the molecule is CCc1ccc(-c2nc3cc4c(cc3[nH]2)OCCCO4)s1. The summed E-state index contributed by atoms with van der Waals surface area (Å²) in [7, 11) is 0. The van der Waals surface area contributed by atoms with Crippen LogP contribution in [0.15, 0.2) is 24.3 Å². The van der Waals surface area contributed by atoms with Gasteiger partial charge in [-0.25, -0.2) is 4.98 Å². The molecular formula is C16H16N2O2S. The summed E-state index contributed by atoms with van der Waals surface area (Å²) in [5.41, 5.74) is 1.90. The first-order valence-electron chi connectivity index (χ1n) is 7.22. The van der Waals surface area contributed by atoms with E-state index in [1.165, 1.54) is 9.75 Å². The van der Waals surface area contributed by atoms with Gasteiger partial charge in [-0.3, -0.25) is 0 Å². The van der Waals surface area contributed by atoms with E-state index in [-0.39, 0.29) is 0 Å². The molecule has 3 aromatic rings. The fourth-order valence-corrected chi connectivity index (χ4v) is 3.37. The first-order chi connectivity index (χ1) is 10.3. The Labute approximate surface area is 126 Å². The smallest absolute Gasteiger partial charge is 0.163 e. The predicted octanol–water partition coefficient (Wildman–Crippen LogP) is 4.02. The molecule has 3 heterocycles. The van der Waals surface area contributed by atoms with E-state index in [1.54, 1.807) is 11.3 Å². The summed E-state index contributed by atoms with van der Waals surface area (Å²) in [4.78, 5) is 10.6. The van der Waals surface area contributed by atoms with Crippen LogP contribution in [0.1, 0.15) is 18.2 Å². The minimum absolute atomic E-state index is 0.695. The largest absolute Gasteiger partial charge is 0.489 e. The molecule has 1 aliphatic heterocycles. The summed E-state index contributed by atoms with van der Waals surface area (Å²) < 4.78 is 11.4. The Hall–Kier alpha value is -2.01. The number of aromatic amines is 1. The van der Waals surface area contributed by atoms with E-state index in [0.29, 0.717) is 13.2 Å². The molecule has 0 saturated carbocycles. The number of aryl methyl sites for hydroxylation is 1. The molecule has 0 saturated heterocycles. The number of aromatic nitrogens is 2. The Morgan fingerprint density at radius 3 is 2.76 bits per heavy atom. The van der Waals surface area contributed by atoms with Crippen LogP contribution in [0, 0.1) is 0 Å². The predicted molar refractivity (Wildman–Crippen MR) is 84.4 cm³/mol. The lowest BCUT2D eigenvalue weighted by molar-refractivity contribution is 0.297. The van der Waals surface area contributed by atoms with E-state index in [4.69, 9.17) is 9.47 Å². The molecule has 0 radical (unpaired) electrons. The van der Waals surface area contributed by atoms with Crippen LogP contribution >= 0.6 is 11.3 Å². The van der Waals surface area contributed by atoms with Crippen LogP contribution in [0.3, 0.4) is 0 Å². The number of fused-ring (bicyclic) bond motifs is 2. The van der Waals surface area contributed by atoms with E-state index in [2.05, 4.69) is 29.0 Å². The number of hydrogen-bond donors (Lipinski definition) is 1. The summed E-state index contributed by atoms with van der Waals surface area (Å²) in [5.74, 6) is 2.50. The van der Waals surface area contributed by atoms with Gasteiger partial charge >= 0.3 is 0 Å². The zero-order chi connectivity index (χ0) is 14.2. The van der Waals surface area contributed by atoms with Crippen LogP contribution in [0.5, 0.6) is 11.5 Å². The first-order valence-corrected chi connectivity index (χ1v) is 8.03. The lowest BCUT2D eigenvalue weighted by Crippen LogP contribution is -1.97. The van der Waals surface area contributed by atoms with Crippen molar-refractivity contribution >= 4 is 22.4 Å². The van der Waals surface area contributed by atoms with Gasteiger partial charge in [0.05, 0.1) is 29.1 Å². The molecule has 1 N–H and O–H groups in total. The van der Waals surface area contributed by atoms with Crippen molar-refractivity contribution in [3.05, 3.63) is 29.1 Å². The summed E-state index contributed by atoms with van der Waals surface area (Å²) in [6, 6.07) is 8.24. The van der Waals surface area contributed by atoms with Gasteiger partial charge < -0.3 is 14.5 Å². The van der Waals surface area contributed by atoms with Gasteiger partial charge in [-0.2, -0.15) is 0 Å². The highest BCUT2D eigenvalue weighted by atomic mass is 32.1. The quantitative estimate of drug-likeness (QED) is 0.777. The molecule has 5 heteroatoms. The number of rotatable bonds is 2. The summed E-state index contributed by atoms with van der Waals surface area (Å²) in [6.45, 7) is 3.56. The van der Waals surface area contributed by atoms with Crippen LogP contribution in [0.25, 0.3) is 21.7 Å². The lowest BCUT2D eigenvalue weighted by Gasteiger charge is -2.05. The van der Waals surface area contributed by atoms with Crippen LogP contribution < -0.4 is 9.47 Å².